The lowest BCUT2D eigenvalue weighted by Crippen LogP contribution is -2.49. The number of ether oxygens (including phenoxy) is 3. The van der Waals surface area contributed by atoms with E-state index in [4.69, 9.17) is 14.2 Å². The third kappa shape index (κ3) is 5.87. The van der Waals surface area contributed by atoms with Crippen LogP contribution >= 0.6 is 0 Å². The lowest BCUT2D eigenvalue weighted by Gasteiger charge is -2.32. The molecule has 186 valence electrons. The molecule has 11 nitrogen and oxygen atoms in total. The van der Waals surface area contributed by atoms with E-state index in [-0.39, 0.29) is 23.5 Å². The Morgan fingerprint density at radius 1 is 1.09 bits per heavy atom. The molecule has 0 aliphatic heterocycles. The van der Waals surface area contributed by atoms with Crippen molar-refractivity contribution in [3.05, 3.63) is 52.1 Å². The van der Waals surface area contributed by atoms with Crippen LogP contribution in [-0.4, -0.2) is 52.9 Å². The van der Waals surface area contributed by atoms with Crippen molar-refractivity contribution in [2.75, 3.05) is 31.9 Å². The summed E-state index contributed by atoms with van der Waals surface area (Å²) < 4.78 is 42.3. The molecule has 0 aromatic heterocycles. The average Bonchev–Trinajstić information content (AvgIpc) is 2.80. The molecule has 0 aliphatic rings. The number of nitrogens with one attached hydrogen (secondary N) is 1. The lowest BCUT2D eigenvalue weighted by molar-refractivity contribution is -0.384. The Morgan fingerprint density at radius 2 is 1.71 bits per heavy atom. The maximum absolute atomic E-state index is 13.3. The fourth-order valence-electron chi connectivity index (χ4n) is 3.56. The minimum absolute atomic E-state index is 0.0739. The number of rotatable bonds is 11. The van der Waals surface area contributed by atoms with E-state index in [1.54, 1.807) is 32.0 Å². The first kappa shape index (κ1) is 26.7. The Bertz CT molecular complexity index is 1150. The van der Waals surface area contributed by atoms with E-state index in [1.807, 2.05) is 0 Å². The van der Waals surface area contributed by atoms with Crippen LogP contribution in [0.4, 0.5) is 11.4 Å². The van der Waals surface area contributed by atoms with E-state index in [1.165, 1.54) is 33.5 Å². The molecule has 1 amide bonds. The maximum atomic E-state index is 13.3. The highest BCUT2D eigenvalue weighted by Crippen LogP contribution is 2.36. The number of nitrogens with zero attached hydrogens (tertiary/aromatic N) is 2. The average molecular weight is 496 g/mol. The quantitative estimate of drug-likeness (QED) is 0.371. The van der Waals surface area contributed by atoms with Crippen molar-refractivity contribution in [2.45, 2.75) is 32.4 Å². The van der Waals surface area contributed by atoms with Crippen molar-refractivity contribution in [3.63, 3.8) is 0 Å². The van der Waals surface area contributed by atoms with Crippen LogP contribution in [0.2, 0.25) is 0 Å². The zero-order valence-corrected chi connectivity index (χ0v) is 20.7. The first-order valence-electron chi connectivity index (χ1n) is 10.3. The van der Waals surface area contributed by atoms with Gasteiger partial charge in [-0.2, -0.15) is 0 Å². The van der Waals surface area contributed by atoms with Gasteiger partial charge in [-0.25, -0.2) is 8.42 Å². The standard InChI is InChI=1S/C22H29N3O8S/c1-7-18(22(26)23-14(2)17-13-16(31-3)9-11-20(17)32-4)24(34(6,29)30)19-12-15(25(27)28)8-10-21(19)33-5/h8-14,18H,7H2,1-6H3,(H,23,26)/t14-,18+/m0/s1. The van der Waals surface area contributed by atoms with E-state index in [9.17, 15) is 23.3 Å². The van der Waals surface area contributed by atoms with Crippen LogP contribution in [0.25, 0.3) is 0 Å². The molecule has 0 aliphatic carbocycles. The lowest BCUT2D eigenvalue weighted by atomic mass is 10.1. The molecule has 0 heterocycles. The van der Waals surface area contributed by atoms with Gasteiger partial charge in [0.1, 0.15) is 29.0 Å². The number of nitro groups is 1. The number of carbonyl (C=O) groups is 1. The van der Waals surface area contributed by atoms with Crippen LogP contribution in [0, 0.1) is 10.1 Å². The summed E-state index contributed by atoms with van der Waals surface area (Å²) in [5, 5.41) is 14.1. The van der Waals surface area contributed by atoms with Crippen molar-refractivity contribution in [3.8, 4) is 17.2 Å². The molecule has 0 radical (unpaired) electrons. The molecule has 0 unspecified atom stereocenters. The normalized spacial score (nSPS) is 12.9. The van der Waals surface area contributed by atoms with Crippen LogP contribution in [-0.2, 0) is 14.8 Å². The van der Waals surface area contributed by atoms with Gasteiger partial charge < -0.3 is 19.5 Å². The molecule has 0 bridgehead atoms. The van der Waals surface area contributed by atoms with Crippen LogP contribution in [0.15, 0.2) is 36.4 Å². The Balaban J connectivity index is 2.51. The molecule has 2 rings (SSSR count). The number of carbonyl (C=O) groups excluding carboxylic acids is 1. The van der Waals surface area contributed by atoms with Gasteiger partial charge in [-0.05, 0) is 37.6 Å². The number of anilines is 1. The molecule has 0 saturated carbocycles. The van der Waals surface area contributed by atoms with Crippen LogP contribution in [0.5, 0.6) is 17.2 Å². The number of benzene rings is 2. The smallest absolute Gasteiger partial charge is 0.271 e. The maximum Gasteiger partial charge on any atom is 0.271 e. The Hall–Kier alpha value is -3.54. The molecule has 0 saturated heterocycles. The highest BCUT2D eigenvalue weighted by Gasteiger charge is 2.35. The number of non-ortho nitro benzene ring substituents is 1. The first-order chi connectivity index (χ1) is 16.0. The van der Waals surface area contributed by atoms with Gasteiger partial charge >= 0.3 is 0 Å². The Labute approximate surface area is 198 Å². The number of hydrogen-bond donors (Lipinski definition) is 1. The van der Waals surface area contributed by atoms with Crippen LogP contribution < -0.4 is 23.8 Å². The summed E-state index contributed by atoms with van der Waals surface area (Å²) in [6, 6.07) is 6.91. The van der Waals surface area contributed by atoms with Gasteiger partial charge in [0.25, 0.3) is 5.69 Å². The van der Waals surface area contributed by atoms with Crippen molar-refractivity contribution >= 4 is 27.3 Å². The number of methoxy groups -OCH3 is 3. The van der Waals surface area contributed by atoms with E-state index >= 15 is 0 Å². The number of sulfonamides is 1. The molecular formula is C22H29N3O8S. The molecule has 0 spiro atoms. The summed E-state index contributed by atoms with van der Waals surface area (Å²) in [7, 11) is 0.268. The molecule has 2 aromatic rings. The number of amides is 1. The second-order valence-electron chi connectivity index (χ2n) is 7.43. The molecule has 1 N–H and O–H groups in total. The topological polar surface area (TPSA) is 137 Å². The third-order valence-electron chi connectivity index (χ3n) is 5.20. The van der Waals surface area contributed by atoms with Crippen LogP contribution in [0.1, 0.15) is 31.9 Å². The van der Waals surface area contributed by atoms with Gasteiger partial charge in [-0.3, -0.25) is 19.2 Å². The van der Waals surface area contributed by atoms with E-state index in [2.05, 4.69) is 5.32 Å². The highest BCUT2D eigenvalue weighted by molar-refractivity contribution is 7.92. The summed E-state index contributed by atoms with van der Waals surface area (Å²) in [6.45, 7) is 3.36. The van der Waals surface area contributed by atoms with Crippen molar-refractivity contribution in [1.29, 1.82) is 0 Å². The van der Waals surface area contributed by atoms with Gasteiger partial charge in [0.05, 0.1) is 38.6 Å². The second kappa shape index (κ2) is 11.1. The zero-order chi connectivity index (χ0) is 25.6. The van der Waals surface area contributed by atoms with Gasteiger partial charge in [0, 0.05) is 17.7 Å². The predicted molar refractivity (Wildman–Crippen MR) is 127 cm³/mol. The molecule has 12 heteroatoms. The molecule has 2 atom stereocenters. The molecule has 34 heavy (non-hydrogen) atoms. The highest BCUT2D eigenvalue weighted by atomic mass is 32.2. The summed E-state index contributed by atoms with van der Waals surface area (Å²) in [4.78, 5) is 24.0. The van der Waals surface area contributed by atoms with E-state index in [0.717, 1.165) is 16.6 Å². The molecule has 2 aromatic carbocycles. The number of hydrogen-bond acceptors (Lipinski definition) is 8. The summed E-state index contributed by atoms with van der Waals surface area (Å²) >= 11 is 0. The second-order valence-corrected chi connectivity index (χ2v) is 9.29. The SMILES string of the molecule is CC[C@H](C(=O)N[C@@H](C)c1cc(OC)ccc1OC)N(c1cc([N+](=O)[O-])ccc1OC)S(C)(=O)=O. The molecule has 0 fully saturated rings. The summed E-state index contributed by atoms with van der Waals surface area (Å²) in [6.07, 6.45) is 1.02. The summed E-state index contributed by atoms with van der Waals surface area (Å²) in [5.41, 5.74) is 0.186. The molecular weight excluding hydrogens is 466 g/mol. The van der Waals surface area contributed by atoms with Gasteiger partial charge in [0.15, 0.2) is 0 Å². The monoisotopic (exact) mass is 495 g/mol. The van der Waals surface area contributed by atoms with Gasteiger partial charge in [0.2, 0.25) is 15.9 Å². The number of nitro benzene ring substituents is 1. The zero-order valence-electron chi connectivity index (χ0n) is 19.9. The third-order valence-corrected chi connectivity index (χ3v) is 6.37. The van der Waals surface area contributed by atoms with Gasteiger partial charge in [-0.1, -0.05) is 6.92 Å². The minimum atomic E-state index is -4.05. The first-order valence-corrected chi connectivity index (χ1v) is 12.2. The minimum Gasteiger partial charge on any atom is -0.497 e. The largest absolute Gasteiger partial charge is 0.497 e. The van der Waals surface area contributed by atoms with Crippen LogP contribution in [0.3, 0.4) is 0 Å². The van der Waals surface area contributed by atoms with Crippen molar-refractivity contribution < 1.29 is 32.3 Å². The predicted octanol–water partition coefficient (Wildman–Crippen LogP) is 3.04. The Morgan fingerprint density at radius 3 is 2.21 bits per heavy atom. The van der Waals surface area contributed by atoms with E-state index in [0.29, 0.717) is 17.1 Å². The van der Waals surface area contributed by atoms with Crippen molar-refractivity contribution in [1.82, 2.24) is 5.32 Å². The van der Waals surface area contributed by atoms with Crippen molar-refractivity contribution in [2.24, 2.45) is 0 Å². The summed E-state index contributed by atoms with van der Waals surface area (Å²) in [5.74, 6) is 0.550. The fraction of sp³-hybridized carbons (Fsp3) is 0.409. The Kier molecular flexibility index (Phi) is 8.68. The van der Waals surface area contributed by atoms with Gasteiger partial charge in [-0.15, -0.1) is 0 Å². The fourth-order valence-corrected chi connectivity index (χ4v) is 4.77. The van der Waals surface area contributed by atoms with E-state index < -0.39 is 32.9 Å².